The summed E-state index contributed by atoms with van der Waals surface area (Å²) in [6.45, 7) is 3.34. The Labute approximate surface area is 94.9 Å². The van der Waals surface area contributed by atoms with Gasteiger partial charge in [-0.2, -0.15) is 0 Å². The zero-order chi connectivity index (χ0) is 11.6. The van der Waals surface area contributed by atoms with Crippen molar-refractivity contribution in [2.45, 2.75) is 25.7 Å². The van der Waals surface area contributed by atoms with Gasteiger partial charge in [-0.05, 0) is 37.9 Å². The van der Waals surface area contributed by atoms with Gasteiger partial charge >= 0.3 is 0 Å². The van der Waals surface area contributed by atoms with Crippen molar-refractivity contribution in [3.05, 3.63) is 35.4 Å². The summed E-state index contributed by atoms with van der Waals surface area (Å²) in [4.78, 5) is 0. The highest BCUT2D eigenvalue weighted by atomic mass is 19.3. The minimum absolute atomic E-state index is 0.0369. The largest absolute Gasteiger partial charge is 0.316 e. The molecule has 2 rings (SSSR count). The van der Waals surface area contributed by atoms with Crippen LogP contribution in [-0.2, 0) is 5.92 Å². The molecule has 0 spiro atoms. The lowest BCUT2D eigenvalue weighted by atomic mass is 9.93. The summed E-state index contributed by atoms with van der Waals surface area (Å²) >= 11 is 0. The fourth-order valence-corrected chi connectivity index (χ4v) is 2.34. The van der Waals surface area contributed by atoms with Crippen LogP contribution in [0.25, 0.3) is 0 Å². The quantitative estimate of drug-likeness (QED) is 0.833. The average Bonchev–Trinajstić information content (AvgIpc) is 2.70. The number of hydrogen-bond acceptors (Lipinski definition) is 1. The molecule has 1 saturated heterocycles. The van der Waals surface area contributed by atoms with Crippen LogP contribution in [0.15, 0.2) is 24.3 Å². The number of nitrogens with one attached hydrogen (secondary N) is 1. The van der Waals surface area contributed by atoms with Crippen LogP contribution in [-0.4, -0.2) is 13.1 Å². The summed E-state index contributed by atoms with van der Waals surface area (Å²) in [5.41, 5.74) is 0.861. The standard InChI is InChI=1S/C13H17F2N/c1-10-4-2-3-5-12(10)13(14,15)8-11-6-7-16-9-11/h2-5,11,16H,6-9H2,1H3. The minimum atomic E-state index is -2.69. The summed E-state index contributed by atoms with van der Waals surface area (Å²) in [6.07, 6.45) is 0.826. The maximum atomic E-state index is 14.0. The fourth-order valence-electron chi connectivity index (χ4n) is 2.34. The third-order valence-electron chi connectivity index (χ3n) is 3.25. The molecule has 0 amide bonds. The van der Waals surface area contributed by atoms with Gasteiger partial charge in [0, 0.05) is 12.0 Å². The Morgan fingerprint density at radius 3 is 2.75 bits per heavy atom. The Hall–Kier alpha value is -0.960. The monoisotopic (exact) mass is 225 g/mol. The van der Waals surface area contributed by atoms with E-state index in [0.29, 0.717) is 5.56 Å². The third kappa shape index (κ3) is 2.40. The van der Waals surface area contributed by atoms with E-state index in [0.717, 1.165) is 19.5 Å². The highest BCUT2D eigenvalue weighted by Gasteiger charge is 2.36. The molecule has 1 aromatic carbocycles. The Balaban J connectivity index is 2.14. The van der Waals surface area contributed by atoms with E-state index in [2.05, 4.69) is 5.32 Å². The van der Waals surface area contributed by atoms with E-state index in [1.807, 2.05) is 0 Å². The molecule has 1 aliphatic rings. The van der Waals surface area contributed by atoms with E-state index in [1.54, 1.807) is 25.1 Å². The molecule has 0 aliphatic carbocycles. The molecule has 1 aliphatic heterocycles. The van der Waals surface area contributed by atoms with Crippen molar-refractivity contribution in [1.82, 2.24) is 5.32 Å². The first-order valence-corrected chi connectivity index (χ1v) is 5.74. The topological polar surface area (TPSA) is 12.0 Å². The van der Waals surface area contributed by atoms with E-state index in [9.17, 15) is 8.78 Å². The van der Waals surface area contributed by atoms with Crippen LogP contribution in [0.4, 0.5) is 8.78 Å². The maximum absolute atomic E-state index is 14.0. The summed E-state index contributed by atoms with van der Waals surface area (Å²) in [5, 5.41) is 3.13. The molecule has 1 nitrogen and oxygen atoms in total. The molecule has 0 saturated carbocycles. The number of alkyl halides is 2. The van der Waals surface area contributed by atoms with Crippen LogP contribution in [0.3, 0.4) is 0 Å². The molecule has 1 N–H and O–H groups in total. The lowest BCUT2D eigenvalue weighted by Crippen LogP contribution is -2.21. The first-order valence-electron chi connectivity index (χ1n) is 5.74. The van der Waals surface area contributed by atoms with Gasteiger partial charge in [-0.25, -0.2) is 8.78 Å². The van der Waals surface area contributed by atoms with Crippen LogP contribution in [0.1, 0.15) is 24.0 Å². The number of hydrogen-bond donors (Lipinski definition) is 1. The van der Waals surface area contributed by atoms with Crippen molar-refractivity contribution in [2.24, 2.45) is 5.92 Å². The van der Waals surface area contributed by atoms with E-state index in [-0.39, 0.29) is 17.9 Å². The number of halogens is 2. The van der Waals surface area contributed by atoms with Crippen LogP contribution < -0.4 is 5.32 Å². The molecule has 1 fully saturated rings. The molecule has 88 valence electrons. The van der Waals surface area contributed by atoms with Crippen LogP contribution in [0.2, 0.25) is 0 Å². The van der Waals surface area contributed by atoms with Gasteiger partial charge in [-0.15, -0.1) is 0 Å². The molecule has 1 atom stereocenters. The molecule has 0 aromatic heterocycles. The van der Waals surface area contributed by atoms with Crippen molar-refractivity contribution < 1.29 is 8.78 Å². The number of aryl methyl sites for hydroxylation is 1. The summed E-state index contributed by atoms with van der Waals surface area (Å²) in [6, 6.07) is 6.77. The molecule has 16 heavy (non-hydrogen) atoms. The second-order valence-corrected chi connectivity index (χ2v) is 4.58. The van der Waals surface area contributed by atoms with Crippen molar-refractivity contribution >= 4 is 0 Å². The summed E-state index contributed by atoms with van der Waals surface area (Å²) in [5.74, 6) is -2.59. The van der Waals surface area contributed by atoms with Gasteiger partial charge in [0.15, 0.2) is 0 Å². The van der Waals surface area contributed by atoms with Gasteiger partial charge in [0.1, 0.15) is 0 Å². The average molecular weight is 225 g/mol. The smallest absolute Gasteiger partial charge is 0.273 e. The van der Waals surface area contributed by atoms with E-state index >= 15 is 0 Å². The highest BCUT2D eigenvalue weighted by molar-refractivity contribution is 5.29. The lowest BCUT2D eigenvalue weighted by molar-refractivity contribution is -0.0273. The first kappa shape index (κ1) is 11.5. The zero-order valence-corrected chi connectivity index (χ0v) is 9.47. The SMILES string of the molecule is Cc1ccccc1C(F)(F)CC1CCNC1. The van der Waals surface area contributed by atoms with Crippen molar-refractivity contribution in [3.8, 4) is 0 Å². The van der Waals surface area contributed by atoms with Gasteiger partial charge in [0.05, 0.1) is 0 Å². The molecule has 1 heterocycles. The second-order valence-electron chi connectivity index (χ2n) is 4.58. The maximum Gasteiger partial charge on any atom is 0.273 e. The Morgan fingerprint density at radius 1 is 1.38 bits per heavy atom. The zero-order valence-electron chi connectivity index (χ0n) is 9.47. The van der Waals surface area contributed by atoms with Gasteiger partial charge in [0.25, 0.3) is 5.92 Å². The molecule has 1 aromatic rings. The number of rotatable bonds is 3. The predicted octanol–water partition coefficient (Wildman–Crippen LogP) is 3.09. The van der Waals surface area contributed by atoms with Crippen LogP contribution in [0, 0.1) is 12.8 Å². The molecule has 0 radical (unpaired) electrons. The minimum Gasteiger partial charge on any atom is -0.316 e. The van der Waals surface area contributed by atoms with Gasteiger partial charge in [-0.3, -0.25) is 0 Å². The number of benzene rings is 1. The predicted molar refractivity (Wildman–Crippen MR) is 60.7 cm³/mol. The summed E-state index contributed by atoms with van der Waals surface area (Å²) < 4.78 is 28.1. The Kier molecular flexibility index (Phi) is 3.24. The van der Waals surface area contributed by atoms with Crippen molar-refractivity contribution in [3.63, 3.8) is 0 Å². The lowest BCUT2D eigenvalue weighted by Gasteiger charge is -2.21. The van der Waals surface area contributed by atoms with E-state index < -0.39 is 5.92 Å². The van der Waals surface area contributed by atoms with Crippen LogP contribution >= 0.6 is 0 Å². The fraction of sp³-hybridized carbons (Fsp3) is 0.538. The molecular weight excluding hydrogens is 208 g/mol. The molecule has 3 heteroatoms. The Morgan fingerprint density at radius 2 is 2.12 bits per heavy atom. The van der Waals surface area contributed by atoms with Gasteiger partial charge in [-0.1, -0.05) is 24.3 Å². The van der Waals surface area contributed by atoms with Crippen LogP contribution in [0.5, 0.6) is 0 Å². The molecular formula is C13H17F2N. The Bertz CT molecular complexity index is 357. The van der Waals surface area contributed by atoms with E-state index in [4.69, 9.17) is 0 Å². The summed E-state index contributed by atoms with van der Waals surface area (Å²) in [7, 11) is 0. The van der Waals surface area contributed by atoms with Crippen molar-refractivity contribution in [1.29, 1.82) is 0 Å². The van der Waals surface area contributed by atoms with E-state index in [1.165, 1.54) is 6.07 Å². The molecule has 1 unspecified atom stereocenters. The molecule has 0 bridgehead atoms. The first-order chi connectivity index (χ1) is 7.59. The highest BCUT2D eigenvalue weighted by Crippen LogP contribution is 2.37. The normalized spacial score (nSPS) is 21.3. The van der Waals surface area contributed by atoms with Gasteiger partial charge < -0.3 is 5.32 Å². The van der Waals surface area contributed by atoms with Gasteiger partial charge in [0.2, 0.25) is 0 Å². The second kappa shape index (κ2) is 4.50. The third-order valence-corrected chi connectivity index (χ3v) is 3.25. The van der Waals surface area contributed by atoms with Crippen molar-refractivity contribution in [2.75, 3.05) is 13.1 Å².